The van der Waals surface area contributed by atoms with E-state index in [1.54, 1.807) is 12.4 Å². The molecular formula is C12H12N4O4. The zero-order valence-electron chi connectivity index (χ0n) is 11.4. The molecule has 1 aliphatic carbocycles. The number of methoxy groups -OCH3 is 4. The van der Waals surface area contributed by atoms with Crippen molar-refractivity contribution in [2.75, 3.05) is 28.4 Å². The lowest BCUT2D eigenvalue weighted by molar-refractivity contribution is 0.223. The van der Waals surface area contributed by atoms with Crippen LogP contribution >= 0.6 is 0 Å². The van der Waals surface area contributed by atoms with Crippen LogP contribution in [0.1, 0.15) is 0 Å². The van der Waals surface area contributed by atoms with Crippen LogP contribution in [0.15, 0.2) is 33.0 Å². The Hall–Kier alpha value is -3.00. The number of nitrogens with zero attached hydrogens (tertiary/aromatic N) is 4. The third-order valence-electron chi connectivity index (χ3n) is 2.41. The second-order valence-electron chi connectivity index (χ2n) is 3.25. The first-order chi connectivity index (χ1) is 9.69. The summed E-state index contributed by atoms with van der Waals surface area (Å²) in [6.07, 6.45) is 3.29. The number of ether oxygens (including phenoxy) is 4. The minimum absolute atomic E-state index is 0.100. The molecule has 20 heavy (non-hydrogen) atoms. The number of aliphatic imine (C=N–C) groups is 2. The quantitative estimate of drug-likeness (QED) is 0.556. The van der Waals surface area contributed by atoms with Crippen molar-refractivity contribution in [3.63, 3.8) is 0 Å². The SMILES string of the molecule is COC1=C(OC)C(=NC#N)C(OC)=C(OC)C1=NC#N. The predicted octanol–water partition coefficient (Wildman–Crippen LogP) is 0.853. The molecule has 0 spiro atoms. The highest BCUT2D eigenvalue weighted by Gasteiger charge is 2.36. The van der Waals surface area contributed by atoms with Gasteiger partial charge in [0.1, 0.15) is 0 Å². The maximum absolute atomic E-state index is 8.77. The van der Waals surface area contributed by atoms with Crippen LogP contribution in [0.2, 0.25) is 0 Å². The molecular weight excluding hydrogens is 264 g/mol. The maximum atomic E-state index is 8.77. The second kappa shape index (κ2) is 6.81. The summed E-state index contributed by atoms with van der Waals surface area (Å²) < 4.78 is 20.7. The number of hydrogen-bond acceptors (Lipinski definition) is 8. The minimum atomic E-state index is 0.100. The molecule has 0 aromatic carbocycles. The highest BCUT2D eigenvalue weighted by molar-refractivity contribution is 6.26. The summed E-state index contributed by atoms with van der Waals surface area (Å²) in [7, 11) is 5.49. The number of nitriles is 2. The van der Waals surface area contributed by atoms with Gasteiger partial charge in [0.05, 0.1) is 28.4 Å². The van der Waals surface area contributed by atoms with Crippen LogP contribution in [0.4, 0.5) is 0 Å². The van der Waals surface area contributed by atoms with E-state index in [0.717, 1.165) is 0 Å². The van der Waals surface area contributed by atoms with Gasteiger partial charge in [0, 0.05) is 0 Å². The molecule has 0 heterocycles. The van der Waals surface area contributed by atoms with E-state index in [1.165, 1.54) is 28.4 Å². The van der Waals surface area contributed by atoms with Crippen molar-refractivity contribution in [1.82, 2.24) is 0 Å². The van der Waals surface area contributed by atoms with E-state index in [2.05, 4.69) is 9.98 Å². The molecule has 0 bridgehead atoms. The van der Waals surface area contributed by atoms with E-state index in [0.29, 0.717) is 0 Å². The standard InChI is InChI=1S/C12H12N4O4/c1-17-9-7(15-5-13)11(19-3)12(20-4)8(16-6-14)10(9)18-2/h1-4H3. The van der Waals surface area contributed by atoms with Crippen LogP contribution in [0.25, 0.3) is 0 Å². The van der Waals surface area contributed by atoms with Gasteiger partial charge in [0.15, 0.2) is 34.5 Å². The van der Waals surface area contributed by atoms with Crippen LogP contribution in [0.3, 0.4) is 0 Å². The highest BCUT2D eigenvalue weighted by Crippen LogP contribution is 2.28. The van der Waals surface area contributed by atoms with Crippen molar-refractivity contribution in [2.45, 2.75) is 0 Å². The van der Waals surface area contributed by atoms with E-state index in [4.69, 9.17) is 29.5 Å². The molecule has 0 saturated heterocycles. The van der Waals surface area contributed by atoms with Crippen LogP contribution in [-0.4, -0.2) is 39.9 Å². The topological polar surface area (TPSA) is 109 Å². The van der Waals surface area contributed by atoms with Crippen LogP contribution in [0.5, 0.6) is 0 Å². The van der Waals surface area contributed by atoms with Crippen molar-refractivity contribution < 1.29 is 18.9 Å². The predicted molar refractivity (Wildman–Crippen MR) is 68.2 cm³/mol. The first kappa shape index (κ1) is 15.1. The molecule has 0 aliphatic heterocycles. The van der Waals surface area contributed by atoms with Gasteiger partial charge in [-0.15, -0.1) is 0 Å². The Bertz CT molecular complexity index is 516. The van der Waals surface area contributed by atoms with E-state index in [9.17, 15) is 0 Å². The number of hydrogen-bond donors (Lipinski definition) is 0. The van der Waals surface area contributed by atoms with Gasteiger partial charge >= 0.3 is 0 Å². The lowest BCUT2D eigenvalue weighted by Gasteiger charge is -2.23. The van der Waals surface area contributed by atoms with Gasteiger partial charge in [0.2, 0.25) is 12.4 Å². The lowest BCUT2D eigenvalue weighted by atomic mass is 10.0. The molecule has 0 atom stereocenters. The second-order valence-corrected chi connectivity index (χ2v) is 3.25. The monoisotopic (exact) mass is 276 g/mol. The van der Waals surface area contributed by atoms with Crippen molar-refractivity contribution in [3.8, 4) is 12.4 Å². The van der Waals surface area contributed by atoms with E-state index < -0.39 is 0 Å². The van der Waals surface area contributed by atoms with Gasteiger partial charge in [-0.05, 0) is 0 Å². The Kier molecular flexibility index (Phi) is 5.12. The van der Waals surface area contributed by atoms with Gasteiger partial charge in [-0.2, -0.15) is 20.5 Å². The largest absolute Gasteiger partial charge is 0.491 e. The van der Waals surface area contributed by atoms with Gasteiger partial charge in [-0.3, -0.25) is 0 Å². The summed E-state index contributed by atoms with van der Waals surface area (Å²) in [5.41, 5.74) is 0.200. The van der Waals surface area contributed by atoms with E-state index in [1.807, 2.05) is 0 Å². The summed E-state index contributed by atoms with van der Waals surface area (Å²) >= 11 is 0. The third-order valence-corrected chi connectivity index (χ3v) is 2.41. The average Bonchev–Trinajstić information content (AvgIpc) is 2.47. The maximum Gasteiger partial charge on any atom is 0.206 e. The highest BCUT2D eigenvalue weighted by atomic mass is 16.5. The van der Waals surface area contributed by atoms with Gasteiger partial charge < -0.3 is 18.9 Å². The van der Waals surface area contributed by atoms with E-state index >= 15 is 0 Å². The Morgan fingerprint density at radius 1 is 0.650 bits per heavy atom. The fourth-order valence-electron chi connectivity index (χ4n) is 1.70. The molecule has 0 saturated carbocycles. The van der Waals surface area contributed by atoms with Crippen molar-refractivity contribution in [1.29, 1.82) is 10.5 Å². The summed E-state index contributed by atoms with van der Waals surface area (Å²) in [5, 5.41) is 17.5. The van der Waals surface area contributed by atoms with Gasteiger partial charge in [-0.25, -0.2) is 0 Å². The molecule has 8 heteroatoms. The summed E-state index contributed by atoms with van der Waals surface area (Å²) in [6.45, 7) is 0. The zero-order chi connectivity index (χ0) is 15.1. The molecule has 0 aromatic rings. The first-order valence-electron chi connectivity index (χ1n) is 5.29. The molecule has 0 unspecified atom stereocenters. The molecule has 1 rings (SSSR count). The van der Waals surface area contributed by atoms with Crippen LogP contribution < -0.4 is 0 Å². The van der Waals surface area contributed by atoms with Crippen molar-refractivity contribution in [3.05, 3.63) is 23.0 Å². The smallest absolute Gasteiger partial charge is 0.206 e. The molecule has 8 nitrogen and oxygen atoms in total. The lowest BCUT2D eigenvalue weighted by Crippen LogP contribution is -2.27. The average molecular weight is 276 g/mol. The molecule has 0 aromatic heterocycles. The van der Waals surface area contributed by atoms with E-state index in [-0.39, 0.29) is 34.5 Å². The molecule has 0 amide bonds. The van der Waals surface area contributed by atoms with Gasteiger partial charge in [0.25, 0.3) is 0 Å². The summed E-state index contributed by atoms with van der Waals surface area (Å²) in [5.74, 6) is 0.503. The van der Waals surface area contributed by atoms with Crippen LogP contribution in [0, 0.1) is 22.9 Å². The fourth-order valence-corrected chi connectivity index (χ4v) is 1.70. The Balaban J connectivity index is 3.73. The molecule has 0 fully saturated rings. The Labute approximate surface area is 115 Å². The summed E-state index contributed by atoms with van der Waals surface area (Å²) in [4.78, 5) is 7.28. The zero-order valence-corrected chi connectivity index (χ0v) is 11.4. The fraction of sp³-hybridized carbons (Fsp3) is 0.333. The first-order valence-corrected chi connectivity index (χ1v) is 5.29. The van der Waals surface area contributed by atoms with Crippen LogP contribution in [-0.2, 0) is 18.9 Å². The molecule has 0 N–H and O–H groups in total. The molecule has 104 valence electrons. The van der Waals surface area contributed by atoms with Crippen molar-refractivity contribution >= 4 is 11.4 Å². The Morgan fingerprint density at radius 2 is 0.900 bits per heavy atom. The van der Waals surface area contributed by atoms with Gasteiger partial charge in [-0.1, -0.05) is 0 Å². The normalized spacial score (nSPS) is 14.3. The Morgan fingerprint density at radius 3 is 1.05 bits per heavy atom. The molecule has 1 aliphatic rings. The molecule has 0 radical (unpaired) electrons. The summed E-state index contributed by atoms with van der Waals surface area (Å²) in [6, 6.07) is 0. The number of rotatable bonds is 4. The van der Waals surface area contributed by atoms with Crippen molar-refractivity contribution in [2.24, 2.45) is 9.98 Å². The third kappa shape index (κ3) is 2.40. The minimum Gasteiger partial charge on any atom is -0.491 e.